The molecule has 1 aromatic carbocycles. The molecule has 26 heavy (non-hydrogen) atoms. The molecule has 2 heterocycles. The van der Waals surface area contributed by atoms with Crippen LogP contribution in [0.15, 0.2) is 36.5 Å². The minimum atomic E-state index is -1.14. The van der Waals surface area contributed by atoms with Crippen molar-refractivity contribution < 1.29 is 19.1 Å². The van der Waals surface area contributed by atoms with Gasteiger partial charge in [-0.05, 0) is 23.8 Å². The molecular weight excluding hydrogens is 384 g/mol. The van der Waals surface area contributed by atoms with Crippen LogP contribution < -0.4 is 4.90 Å². The first-order valence-electron chi connectivity index (χ1n) is 7.68. The summed E-state index contributed by atoms with van der Waals surface area (Å²) < 4.78 is 14.1. The Balaban J connectivity index is 1.87. The number of carbonyl (C=O) groups excluding carboxylic acids is 2. The number of rotatable bonds is 4. The minimum absolute atomic E-state index is 0.0742. The average Bonchev–Trinajstić information content (AvgIpc) is 2.60. The number of amides is 2. The molecule has 1 aromatic heterocycles. The Kier molecular flexibility index (Phi) is 5.41. The second kappa shape index (κ2) is 7.57. The minimum Gasteiger partial charge on any atom is -0.394 e. The molecule has 1 aliphatic rings. The van der Waals surface area contributed by atoms with Crippen LogP contribution in [0.4, 0.5) is 10.2 Å². The number of aromatic nitrogens is 1. The van der Waals surface area contributed by atoms with E-state index >= 15 is 0 Å². The summed E-state index contributed by atoms with van der Waals surface area (Å²) in [6, 6.07) is 6.66. The predicted octanol–water partition coefficient (Wildman–Crippen LogP) is 2.26. The van der Waals surface area contributed by atoms with Crippen molar-refractivity contribution >= 4 is 40.8 Å². The van der Waals surface area contributed by atoms with Gasteiger partial charge in [-0.1, -0.05) is 35.3 Å². The van der Waals surface area contributed by atoms with E-state index in [9.17, 15) is 19.1 Å². The molecular formula is C17H14Cl2FN3O3. The van der Waals surface area contributed by atoms with E-state index in [1.165, 1.54) is 11.1 Å². The summed E-state index contributed by atoms with van der Waals surface area (Å²) in [5, 5.41) is 10.3. The highest BCUT2D eigenvalue weighted by Gasteiger charge is 2.40. The van der Waals surface area contributed by atoms with Crippen LogP contribution in [0.5, 0.6) is 0 Å². The molecule has 0 spiro atoms. The Hall–Kier alpha value is -2.22. The predicted molar refractivity (Wildman–Crippen MR) is 94.4 cm³/mol. The Bertz CT molecular complexity index is 848. The first-order valence-corrected chi connectivity index (χ1v) is 8.43. The molecule has 0 aliphatic carbocycles. The van der Waals surface area contributed by atoms with E-state index in [0.29, 0.717) is 5.02 Å². The van der Waals surface area contributed by atoms with Gasteiger partial charge in [-0.15, -0.1) is 0 Å². The van der Waals surface area contributed by atoms with Crippen molar-refractivity contribution in [2.45, 2.75) is 12.6 Å². The topological polar surface area (TPSA) is 73.7 Å². The maximum atomic E-state index is 14.1. The smallest absolute Gasteiger partial charge is 0.253 e. The summed E-state index contributed by atoms with van der Waals surface area (Å²) in [5.41, 5.74) is 0.748. The molecule has 9 heteroatoms. The van der Waals surface area contributed by atoms with Gasteiger partial charge in [0, 0.05) is 17.8 Å². The molecule has 0 saturated carbocycles. The van der Waals surface area contributed by atoms with Gasteiger partial charge >= 0.3 is 0 Å². The zero-order chi connectivity index (χ0) is 18.8. The maximum absolute atomic E-state index is 14.1. The molecule has 1 aliphatic heterocycles. The summed E-state index contributed by atoms with van der Waals surface area (Å²) in [6.45, 7) is -0.852. The first-order chi connectivity index (χ1) is 12.4. The molecule has 2 amide bonds. The van der Waals surface area contributed by atoms with Gasteiger partial charge in [0.25, 0.3) is 5.91 Å². The molecule has 1 fully saturated rings. The zero-order valence-electron chi connectivity index (χ0n) is 13.4. The molecule has 1 unspecified atom stereocenters. The second-order valence-corrected chi connectivity index (χ2v) is 6.60. The third-order valence-corrected chi connectivity index (χ3v) is 4.48. The molecule has 0 bridgehead atoms. The summed E-state index contributed by atoms with van der Waals surface area (Å²) in [5.74, 6) is -2.16. The highest BCUT2D eigenvalue weighted by Crippen LogP contribution is 2.25. The van der Waals surface area contributed by atoms with Gasteiger partial charge < -0.3 is 10.0 Å². The fraction of sp³-hybridized carbons (Fsp3) is 0.235. The monoisotopic (exact) mass is 397 g/mol. The van der Waals surface area contributed by atoms with Crippen LogP contribution in [0.3, 0.4) is 0 Å². The van der Waals surface area contributed by atoms with Crippen LogP contribution >= 0.6 is 23.2 Å². The number of piperazine rings is 1. The van der Waals surface area contributed by atoms with E-state index in [2.05, 4.69) is 4.98 Å². The quantitative estimate of drug-likeness (QED) is 0.858. The molecule has 136 valence electrons. The van der Waals surface area contributed by atoms with Gasteiger partial charge in [-0.2, -0.15) is 0 Å². The molecule has 1 saturated heterocycles. The Labute approximate surface area is 158 Å². The van der Waals surface area contributed by atoms with E-state index in [1.54, 1.807) is 24.3 Å². The number of aliphatic hydroxyl groups excluding tert-OH is 1. The number of hydrogen-bond donors (Lipinski definition) is 1. The summed E-state index contributed by atoms with van der Waals surface area (Å²) in [4.78, 5) is 31.3. The van der Waals surface area contributed by atoms with E-state index in [4.69, 9.17) is 23.2 Å². The maximum Gasteiger partial charge on any atom is 0.253 e. The third kappa shape index (κ3) is 3.65. The van der Waals surface area contributed by atoms with Crippen molar-refractivity contribution in [1.82, 2.24) is 9.88 Å². The zero-order valence-corrected chi connectivity index (χ0v) is 14.9. The number of benzene rings is 1. The Morgan fingerprint density at radius 1 is 1.19 bits per heavy atom. The van der Waals surface area contributed by atoms with Crippen molar-refractivity contribution in [3.05, 3.63) is 58.0 Å². The largest absolute Gasteiger partial charge is 0.394 e. The highest BCUT2D eigenvalue weighted by atomic mass is 35.5. The number of anilines is 1. The number of aliphatic hydroxyl groups is 1. The van der Waals surface area contributed by atoms with E-state index in [1.807, 2.05) is 0 Å². The van der Waals surface area contributed by atoms with Gasteiger partial charge in [-0.3, -0.25) is 14.5 Å². The van der Waals surface area contributed by atoms with Crippen molar-refractivity contribution in [2.24, 2.45) is 0 Å². The lowest BCUT2D eigenvalue weighted by atomic mass is 10.1. The van der Waals surface area contributed by atoms with E-state index in [0.717, 1.165) is 16.5 Å². The summed E-state index contributed by atoms with van der Waals surface area (Å²) in [7, 11) is 0. The second-order valence-electron chi connectivity index (χ2n) is 5.73. The van der Waals surface area contributed by atoms with Crippen molar-refractivity contribution in [3.8, 4) is 0 Å². The average molecular weight is 398 g/mol. The van der Waals surface area contributed by atoms with Crippen LogP contribution in [0.2, 0.25) is 10.0 Å². The summed E-state index contributed by atoms with van der Waals surface area (Å²) >= 11 is 11.5. The van der Waals surface area contributed by atoms with Crippen molar-refractivity contribution in [3.63, 3.8) is 0 Å². The molecule has 3 rings (SSSR count). The van der Waals surface area contributed by atoms with Crippen LogP contribution in [-0.2, 0) is 16.1 Å². The lowest BCUT2D eigenvalue weighted by Gasteiger charge is -2.39. The van der Waals surface area contributed by atoms with E-state index in [-0.39, 0.29) is 23.9 Å². The third-order valence-electron chi connectivity index (χ3n) is 4.02. The Morgan fingerprint density at radius 2 is 1.88 bits per heavy atom. The molecule has 2 aromatic rings. The van der Waals surface area contributed by atoms with Crippen LogP contribution in [0, 0.1) is 5.82 Å². The lowest BCUT2D eigenvalue weighted by Crippen LogP contribution is -2.61. The molecule has 1 atom stereocenters. The summed E-state index contributed by atoms with van der Waals surface area (Å²) in [6.07, 6.45) is 1.19. The highest BCUT2D eigenvalue weighted by molar-refractivity contribution is 6.30. The van der Waals surface area contributed by atoms with Crippen LogP contribution in [0.1, 0.15) is 5.56 Å². The number of carbonyl (C=O) groups is 2. The SMILES string of the molecule is O=C1C(CO)N(Cc2ccc(Cl)cc2)C(=O)CN1c1ncc(Cl)cc1F. The van der Waals surface area contributed by atoms with Gasteiger partial charge in [0.15, 0.2) is 11.6 Å². The number of pyridine rings is 1. The first kappa shape index (κ1) is 18.6. The fourth-order valence-electron chi connectivity index (χ4n) is 2.74. The van der Waals surface area contributed by atoms with Gasteiger partial charge in [-0.25, -0.2) is 9.37 Å². The van der Waals surface area contributed by atoms with Gasteiger partial charge in [0.2, 0.25) is 5.91 Å². The lowest BCUT2D eigenvalue weighted by molar-refractivity contribution is -0.145. The molecule has 6 nitrogen and oxygen atoms in total. The number of hydrogen-bond acceptors (Lipinski definition) is 4. The van der Waals surface area contributed by atoms with Gasteiger partial charge in [0.05, 0.1) is 11.6 Å². The standard InChI is InChI=1S/C17H14Cl2FN3O3/c18-11-3-1-10(2-4-11)7-22-14(9-24)17(26)23(8-15(22)25)16-13(20)5-12(19)6-21-16/h1-6,14,24H,7-9H2. The number of nitrogens with zero attached hydrogens (tertiary/aromatic N) is 3. The van der Waals surface area contributed by atoms with Crippen molar-refractivity contribution in [2.75, 3.05) is 18.1 Å². The molecule has 0 radical (unpaired) electrons. The van der Waals surface area contributed by atoms with Crippen LogP contribution in [-0.4, -0.2) is 46.0 Å². The van der Waals surface area contributed by atoms with Gasteiger partial charge in [0.1, 0.15) is 12.6 Å². The Morgan fingerprint density at radius 3 is 2.50 bits per heavy atom. The van der Waals surface area contributed by atoms with Crippen molar-refractivity contribution in [1.29, 1.82) is 0 Å². The fourth-order valence-corrected chi connectivity index (χ4v) is 3.01. The van der Waals surface area contributed by atoms with Crippen LogP contribution in [0.25, 0.3) is 0 Å². The normalized spacial score (nSPS) is 17.8. The number of halogens is 3. The molecule has 1 N–H and O–H groups in total. The van der Waals surface area contributed by atoms with E-state index < -0.39 is 30.3 Å².